The summed E-state index contributed by atoms with van der Waals surface area (Å²) in [5.41, 5.74) is 0.461. The van der Waals surface area contributed by atoms with Crippen molar-refractivity contribution >= 4 is 16.9 Å². The topological polar surface area (TPSA) is 88.7 Å². The van der Waals surface area contributed by atoms with E-state index in [1.807, 2.05) is 42.5 Å². The van der Waals surface area contributed by atoms with Gasteiger partial charge in [0.1, 0.15) is 11.1 Å². The monoisotopic (exact) mass is 418 g/mol. The molecule has 0 saturated heterocycles. The van der Waals surface area contributed by atoms with Gasteiger partial charge in [0.25, 0.3) is 0 Å². The molecule has 0 aliphatic rings. The van der Waals surface area contributed by atoms with Crippen LogP contribution in [0.5, 0.6) is 0 Å². The lowest BCUT2D eigenvalue weighted by Gasteiger charge is -2.13. The second-order valence-electron chi connectivity index (χ2n) is 5.50. The van der Waals surface area contributed by atoms with Crippen molar-refractivity contribution in [3.8, 4) is 17.3 Å². The van der Waals surface area contributed by atoms with E-state index in [4.69, 9.17) is 5.26 Å². The van der Waals surface area contributed by atoms with Gasteiger partial charge < -0.3 is 0 Å². The van der Waals surface area contributed by atoms with Crippen LogP contribution in [0.2, 0.25) is 0 Å². The van der Waals surface area contributed by atoms with E-state index >= 15 is 0 Å². The first-order valence-corrected chi connectivity index (χ1v) is 9.29. The zero-order valence-electron chi connectivity index (χ0n) is 15.9. The minimum Gasteiger partial charge on any atom is -0.274 e. The number of halogens is 3. The molecule has 0 amide bonds. The Hall–Kier alpha value is -2.99. The number of hydrogen-bond donors (Lipinski definition) is 2. The van der Waals surface area contributed by atoms with Crippen molar-refractivity contribution in [3.05, 3.63) is 82.2 Å². The van der Waals surface area contributed by atoms with Crippen LogP contribution < -0.4 is 11.7 Å². The Kier molecular flexibility index (Phi) is 9.75. The van der Waals surface area contributed by atoms with Gasteiger partial charge in [0.2, 0.25) is 0 Å². The number of hydrazine groups is 1. The predicted octanol–water partition coefficient (Wildman–Crippen LogP) is 5.57. The van der Waals surface area contributed by atoms with Crippen LogP contribution >= 0.6 is 11.3 Å². The number of nitrogens with zero attached hydrogens (tertiary/aromatic N) is 2. The number of rotatable bonds is 2. The SMILES string of the molecule is C/C=C(\C#N)c1nc(-c2c(C)cccc2C(F)(F)F)cs1.NN.c1ccccc1. The van der Waals surface area contributed by atoms with Gasteiger partial charge in [-0.3, -0.25) is 11.7 Å². The van der Waals surface area contributed by atoms with Crippen molar-refractivity contribution in [1.82, 2.24) is 4.98 Å². The third-order valence-electron chi connectivity index (χ3n) is 3.64. The highest BCUT2D eigenvalue weighted by molar-refractivity contribution is 7.11. The van der Waals surface area contributed by atoms with Crippen LogP contribution in [0.25, 0.3) is 16.8 Å². The van der Waals surface area contributed by atoms with Gasteiger partial charge in [-0.15, -0.1) is 11.3 Å². The number of allylic oxidation sites excluding steroid dienone is 2. The van der Waals surface area contributed by atoms with E-state index in [1.54, 1.807) is 31.4 Å². The number of nitriles is 1. The lowest BCUT2D eigenvalue weighted by atomic mass is 9.99. The summed E-state index contributed by atoms with van der Waals surface area (Å²) in [5, 5.41) is 10.9. The zero-order valence-corrected chi connectivity index (χ0v) is 16.8. The van der Waals surface area contributed by atoms with Crippen molar-refractivity contribution in [3.63, 3.8) is 0 Å². The maximum atomic E-state index is 13.1. The molecule has 1 heterocycles. The van der Waals surface area contributed by atoms with Crippen molar-refractivity contribution in [2.75, 3.05) is 0 Å². The fraction of sp³-hybridized carbons (Fsp3) is 0.143. The normalized spacial score (nSPS) is 10.8. The molecule has 0 bridgehead atoms. The van der Waals surface area contributed by atoms with Crippen LogP contribution in [0.4, 0.5) is 13.2 Å². The lowest BCUT2D eigenvalue weighted by molar-refractivity contribution is -0.137. The Morgan fingerprint density at radius 3 is 2.07 bits per heavy atom. The molecule has 0 saturated carbocycles. The van der Waals surface area contributed by atoms with E-state index in [9.17, 15) is 13.2 Å². The molecule has 2 aromatic carbocycles. The van der Waals surface area contributed by atoms with Gasteiger partial charge >= 0.3 is 6.18 Å². The highest BCUT2D eigenvalue weighted by Gasteiger charge is 2.34. The van der Waals surface area contributed by atoms with E-state index < -0.39 is 11.7 Å². The molecular weight excluding hydrogens is 397 g/mol. The Balaban J connectivity index is 0.000000442. The summed E-state index contributed by atoms with van der Waals surface area (Å²) >= 11 is 1.16. The van der Waals surface area contributed by atoms with Gasteiger partial charge in [-0.05, 0) is 25.5 Å². The molecule has 0 aliphatic carbocycles. The highest BCUT2D eigenvalue weighted by Crippen LogP contribution is 2.39. The number of benzene rings is 2. The number of thiazole rings is 1. The molecule has 29 heavy (non-hydrogen) atoms. The summed E-state index contributed by atoms with van der Waals surface area (Å²) in [4.78, 5) is 4.19. The van der Waals surface area contributed by atoms with Gasteiger partial charge in [-0.25, -0.2) is 4.98 Å². The Bertz CT molecular complexity index is 931. The van der Waals surface area contributed by atoms with E-state index in [1.165, 1.54) is 6.07 Å². The van der Waals surface area contributed by atoms with Crippen LogP contribution in [0.3, 0.4) is 0 Å². The van der Waals surface area contributed by atoms with Gasteiger partial charge in [-0.2, -0.15) is 18.4 Å². The van der Waals surface area contributed by atoms with Gasteiger partial charge in [-0.1, -0.05) is 54.6 Å². The van der Waals surface area contributed by atoms with Gasteiger partial charge in [0.15, 0.2) is 0 Å². The summed E-state index contributed by atoms with van der Waals surface area (Å²) in [5.74, 6) is 8.00. The minimum atomic E-state index is -4.44. The second kappa shape index (κ2) is 11.8. The maximum Gasteiger partial charge on any atom is 0.417 e. The molecule has 0 unspecified atom stereocenters. The first-order chi connectivity index (χ1) is 13.9. The summed E-state index contributed by atoms with van der Waals surface area (Å²) in [7, 11) is 0. The fourth-order valence-corrected chi connectivity index (χ4v) is 3.21. The number of aromatic nitrogens is 1. The number of aryl methyl sites for hydroxylation is 1. The van der Waals surface area contributed by atoms with Crippen molar-refractivity contribution in [2.24, 2.45) is 11.7 Å². The molecule has 0 aliphatic heterocycles. The van der Waals surface area contributed by atoms with Gasteiger partial charge in [0.05, 0.1) is 16.8 Å². The standard InChI is InChI=1S/C15H11F3N2S.C6H6.H4N2/c1-3-10(7-19)14-20-12(8-21-14)13-9(2)5-4-6-11(13)15(16,17)18;1-2-4-6-5-3-1;1-2/h3-6,8H,1-2H3;1-6H;1-2H2/b10-3+;;. The Morgan fingerprint density at radius 1 is 1.07 bits per heavy atom. The first-order valence-electron chi connectivity index (χ1n) is 8.41. The quantitative estimate of drug-likeness (QED) is 0.323. The Morgan fingerprint density at radius 2 is 1.62 bits per heavy atom. The summed E-state index contributed by atoms with van der Waals surface area (Å²) in [6.07, 6.45) is -2.85. The molecular formula is C21H21F3N4S. The number of hydrogen-bond acceptors (Lipinski definition) is 5. The predicted molar refractivity (Wildman–Crippen MR) is 111 cm³/mol. The van der Waals surface area contributed by atoms with E-state index in [2.05, 4.69) is 16.7 Å². The zero-order chi connectivity index (χ0) is 21.9. The maximum absolute atomic E-state index is 13.1. The van der Waals surface area contributed by atoms with Crippen LogP contribution in [0, 0.1) is 18.3 Å². The fourth-order valence-electron chi connectivity index (χ4n) is 2.38. The number of nitrogens with two attached hydrogens (primary N) is 2. The molecule has 3 rings (SSSR count). The molecule has 0 radical (unpaired) electrons. The average molecular weight is 418 g/mol. The average Bonchev–Trinajstić information content (AvgIpc) is 3.21. The van der Waals surface area contributed by atoms with Crippen LogP contribution in [0.1, 0.15) is 23.1 Å². The molecule has 4 N–H and O–H groups in total. The summed E-state index contributed by atoms with van der Waals surface area (Å²) in [6, 6.07) is 18.0. The summed E-state index contributed by atoms with van der Waals surface area (Å²) in [6.45, 7) is 3.30. The molecule has 0 atom stereocenters. The van der Waals surface area contributed by atoms with Crippen molar-refractivity contribution in [2.45, 2.75) is 20.0 Å². The molecule has 152 valence electrons. The van der Waals surface area contributed by atoms with E-state index in [-0.39, 0.29) is 11.3 Å². The lowest BCUT2D eigenvalue weighted by Crippen LogP contribution is -2.08. The van der Waals surface area contributed by atoms with Crippen molar-refractivity contribution < 1.29 is 13.2 Å². The van der Waals surface area contributed by atoms with Crippen LogP contribution in [0.15, 0.2) is 66.1 Å². The molecule has 1 aromatic heterocycles. The molecule has 8 heteroatoms. The van der Waals surface area contributed by atoms with Gasteiger partial charge in [0, 0.05) is 10.9 Å². The first kappa shape index (κ1) is 24.0. The van der Waals surface area contributed by atoms with Crippen LogP contribution in [-0.2, 0) is 6.18 Å². The molecule has 4 nitrogen and oxygen atoms in total. The summed E-state index contributed by atoms with van der Waals surface area (Å²) < 4.78 is 39.4. The molecule has 0 spiro atoms. The smallest absolute Gasteiger partial charge is 0.274 e. The number of alkyl halides is 3. The molecule has 0 fully saturated rings. The van der Waals surface area contributed by atoms with E-state index in [0.29, 0.717) is 16.1 Å². The largest absolute Gasteiger partial charge is 0.417 e. The third-order valence-corrected chi connectivity index (χ3v) is 4.52. The minimum absolute atomic E-state index is 0.0703. The third kappa shape index (κ3) is 6.84. The van der Waals surface area contributed by atoms with E-state index in [0.717, 1.165) is 17.4 Å². The van der Waals surface area contributed by atoms with Crippen LogP contribution in [-0.4, -0.2) is 4.98 Å². The van der Waals surface area contributed by atoms with Crippen molar-refractivity contribution in [1.29, 1.82) is 5.26 Å². The molecule has 3 aromatic rings. The highest BCUT2D eigenvalue weighted by atomic mass is 32.1. The Labute approximate surface area is 171 Å². The second-order valence-corrected chi connectivity index (χ2v) is 6.36.